The fraction of sp³-hybridized carbons (Fsp3) is 0.600. The summed E-state index contributed by atoms with van der Waals surface area (Å²) in [5.74, 6) is 0. The first-order valence-corrected chi connectivity index (χ1v) is 5.56. The second kappa shape index (κ2) is 6.74. The van der Waals surface area contributed by atoms with Gasteiger partial charge in [0, 0.05) is 6.54 Å². The molecule has 0 amide bonds. The fourth-order valence-corrected chi connectivity index (χ4v) is 1.37. The first-order chi connectivity index (χ1) is 8.15. The van der Waals surface area contributed by atoms with Crippen LogP contribution in [0.25, 0.3) is 0 Å². The molecule has 0 aliphatic carbocycles. The van der Waals surface area contributed by atoms with Crippen molar-refractivity contribution < 1.29 is 4.92 Å². The molecule has 0 spiro atoms. The zero-order chi connectivity index (χ0) is 12.7. The van der Waals surface area contributed by atoms with Crippen molar-refractivity contribution in [2.75, 3.05) is 13.1 Å². The van der Waals surface area contributed by atoms with E-state index in [0.29, 0.717) is 6.54 Å². The summed E-state index contributed by atoms with van der Waals surface area (Å²) in [7, 11) is 0. The Bertz CT molecular complexity index is 430. The average Bonchev–Trinajstić information content (AvgIpc) is 2.30. The van der Waals surface area contributed by atoms with Gasteiger partial charge in [-0.1, -0.05) is 6.92 Å². The second-order valence-electron chi connectivity index (χ2n) is 3.65. The van der Waals surface area contributed by atoms with Crippen LogP contribution in [0.5, 0.6) is 0 Å². The SMILES string of the molecule is CCCNCCCn1cc([N+](=O)[O-])cnc1=O. The lowest BCUT2D eigenvalue weighted by Gasteiger charge is -2.05. The van der Waals surface area contributed by atoms with E-state index in [1.54, 1.807) is 0 Å². The molecule has 1 heterocycles. The molecule has 0 aliphatic rings. The Kier molecular flexibility index (Phi) is 5.28. The molecule has 1 N–H and O–H groups in total. The van der Waals surface area contributed by atoms with E-state index in [1.807, 2.05) is 0 Å². The highest BCUT2D eigenvalue weighted by atomic mass is 16.6. The molecular formula is C10H16N4O3. The van der Waals surface area contributed by atoms with Crippen LogP contribution in [0, 0.1) is 10.1 Å². The minimum absolute atomic E-state index is 0.161. The molecule has 1 aromatic rings. The lowest BCUT2D eigenvalue weighted by Crippen LogP contribution is -2.25. The van der Waals surface area contributed by atoms with Crippen molar-refractivity contribution in [2.45, 2.75) is 26.3 Å². The van der Waals surface area contributed by atoms with E-state index >= 15 is 0 Å². The molecule has 0 unspecified atom stereocenters. The first kappa shape index (κ1) is 13.3. The molecule has 0 bridgehead atoms. The highest BCUT2D eigenvalue weighted by Gasteiger charge is 2.08. The van der Waals surface area contributed by atoms with Crippen molar-refractivity contribution in [2.24, 2.45) is 0 Å². The van der Waals surface area contributed by atoms with Gasteiger partial charge in [0.1, 0.15) is 6.20 Å². The summed E-state index contributed by atoms with van der Waals surface area (Å²) in [4.78, 5) is 24.7. The minimum Gasteiger partial charge on any atom is -0.317 e. The quantitative estimate of drug-likeness (QED) is 0.427. The summed E-state index contributed by atoms with van der Waals surface area (Å²) in [6, 6.07) is 0. The number of hydrogen-bond acceptors (Lipinski definition) is 5. The third-order valence-corrected chi connectivity index (χ3v) is 2.23. The van der Waals surface area contributed by atoms with Crippen LogP contribution in [-0.2, 0) is 6.54 Å². The normalized spacial score (nSPS) is 10.4. The predicted octanol–water partition coefficient (Wildman–Crippen LogP) is 0.541. The molecule has 1 aromatic heterocycles. The third-order valence-electron chi connectivity index (χ3n) is 2.23. The Morgan fingerprint density at radius 3 is 2.94 bits per heavy atom. The molecule has 0 aromatic carbocycles. The van der Waals surface area contributed by atoms with Gasteiger partial charge < -0.3 is 5.32 Å². The number of aromatic nitrogens is 2. The Morgan fingerprint density at radius 2 is 2.29 bits per heavy atom. The molecule has 0 aliphatic heterocycles. The summed E-state index contributed by atoms with van der Waals surface area (Å²) in [6.45, 7) is 4.22. The van der Waals surface area contributed by atoms with E-state index in [9.17, 15) is 14.9 Å². The number of rotatable bonds is 7. The third kappa shape index (κ3) is 4.31. The highest BCUT2D eigenvalue weighted by Crippen LogP contribution is 2.04. The van der Waals surface area contributed by atoms with Crippen molar-refractivity contribution in [3.8, 4) is 0 Å². The van der Waals surface area contributed by atoms with E-state index in [1.165, 1.54) is 10.8 Å². The van der Waals surface area contributed by atoms with E-state index in [0.717, 1.165) is 32.1 Å². The molecule has 17 heavy (non-hydrogen) atoms. The fourth-order valence-electron chi connectivity index (χ4n) is 1.37. The van der Waals surface area contributed by atoms with Gasteiger partial charge in [-0.2, -0.15) is 4.98 Å². The maximum atomic E-state index is 11.3. The number of nitro groups is 1. The smallest absolute Gasteiger partial charge is 0.317 e. The van der Waals surface area contributed by atoms with Crippen LogP contribution in [-0.4, -0.2) is 27.6 Å². The Balaban J connectivity index is 2.55. The summed E-state index contributed by atoms with van der Waals surface area (Å²) in [5.41, 5.74) is -0.614. The summed E-state index contributed by atoms with van der Waals surface area (Å²) in [6.07, 6.45) is 4.00. The number of hydrogen-bond donors (Lipinski definition) is 1. The summed E-state index contributed by atoms with van der Waals surface area (Å²) in [5, 5.41) is 13.7. The predicted molar refractivity (Wildman–Crippen MR) is 62.9 cm³/mol. The van der Waals surface area contributed by atoms with Gasteiger partial charge in [-0.25, -0.2) is 4.79 Å². The Hall–Kier alpha value is -1.76. The van der Waals surface area contributed by atoms with Gasteiger partial charge in [0.2, 0.25) is 0 Å². The molecule has 7 heteroatoms. The molecule has 7 nitrogen and oxygen atoms in total. The Morgan fingerprint density at radius 1 is 1.53 bits per heavy atom. The molecule has 0 saturated carbocycles. The largest absolute Gasteiger partial charge is 0.347 e. The van der Waals surface area contributed by atoms with Gasteiger partial charge in [-0.05, 0) is 25.9 Å². The summed E-state index contributed by atoms with van der Waals surface area (Å²) < 4.78 is 1.27. The van der Waals surface area contributed by atoms with Gasteiger partial charge >= 0.3 is 11.4 Å². The first-order valence-electron chi connectivity index (χ1n) is 5.56. The van der Waals surface area contributed by atoms with Gasteiger partial charge in [-0.3, -0.25) is 14.7 Å². The second-order valence-corrected chi connectivity index (χ2v) is 3.65. The average molecular weight is 240 g/mol. The number of aryl methyl sites for hydroxylation is 1. The van der Waals surface area contributed by atoms with Crippen molar-refractivity contribution in [3.63, 3.8) is 0 Å². The van der Waals surface area contributed by atoms with Gasteiger partial charge in [-0.15, -0.1) is 0 Å². The summed E-state index contributed by atoms with van der Waals surface area (Å²) >= 11 is 0. The van der Waals surface area contributed by atoms with Crippen LogP contribution >= 0.6 is 0 Å². The van der Waals surface area contributed by atoms with Crippen LogP contribution < -0.4 is 11.0 Å². The molecule has 0 radical (unpaired) electrons. The van der Waals surface area contributed by atoms with Crippen LogP contribution in [0.3, 0.4) is 0 Å². The topological polar surface area (TPSA) is 90.1 Å². The van der Waals surface area contributed by atoms with Gasteiger partial charge in [0.15, 0.2) is 0 Å². The zero-order valence-corrected chi connectivity index (χ0v) is 9.76. The van der Waals surface area contributed by atoms with E-state index < -0.39 is 10.6 Å². The number of nitrogens with one attached hydrogen (secondary N) is 1. The lowest BCUT2D eigenvalue weighted by atomic mass is 10.4. The van der Waals surface area contributed by atoms with E-state index in [2.05, 4.69) is 17.2 Å². The standard InChI is InChI=1S/C10H16N4O3/c1-2-4-11-5-3-6-13-8-9(14(16)17)7-12-10(13)15/h7-8,11H,2-6H2,1H3. The minimum atomic E-state index is -0.557. The molecular weight excluding hydrogens is 224 g/mol. The van der Waals surface area contributed by atoms with Crippen molar-refractivity contribution >= 4 is 5.69 Å². The van der Waals surface area contributed by atoms with Gasteiger partial charge in [0.25, 0.3) is 0 Å². The zero-order valence-electron chi connectivity index (χ0n) is 9.76. The molecule has 0 saturated heterocycles. The van der Waals surface area contributed by atoms with Crippen LogP contribution in [0.4, 0.5) is 5.69 Å². The van der Waals surface area contributed by atoms with Crippen molar-refractivity contribution in [1.82, 2.24) is 14.9 Å². The van der Waals surface area contributed by atoms with Crippen molar-refractivity contribution in [1.29, 1.82) is 0 Å². The lowest BCUT2D eigenvalue weighted by molar-refractivity contribution is -0.385. The molecule has 94 valence electrons. The Labute approximate surface area is 98.6 Å². The maximum absolute atomic E-state index is 11.3. The number of nitrogens with zero attached hydrogens (tertiary/aromatic N) is 3. The van der Waals surface area contributed by atoms with E-state index in [-0.39, 0.29) is 5.69 Å². The molecule has 1 rings (SSSR count). The van der Waals surface area contributed by atoms with Crippen LogP contribution in [0.1, 0.15) is 19.8 Å². The van der Waals surface area contributed by atoms with Gasteiger partial charge in [0.05, 0.1) is 11.1 Å². The van der Waals surface area contributed by atoms with Crippen LogP contribution in [0.15, 0.2) is 17.2 Å². The molecule has 0 fully saturated rings. The van der Waals surface area contributed by atoms with E-state index in [4.69, 9.17) is 0 Å². The molecule has 0 atom stereocenters. The van der Waals surface area contributed by atoms with Crippen LogP contribution in [0.2, 0.25) is 0 Å². The maximum Gasteiger partial charge on any atom is 0.347 e. The monoisotopic (exact) mass is 240 g/mol. The highest BCUT2D eigenvalue weighted by molar-refractivity contribution is 5.20. The van der Waals surface area contributed by atoms with Crippen molar-refractivity contribution in [3.05, 3.63) is 33.0 Å².